The fourth-order valence-electron chi connectivity index (χ4n) is 1.91. The molecule has 1 heterocycles. The monoisotopic (exact) mass is 120 g/mol. The fraction of sp³-hybridized carbons (Fsp3) is 0.500. The van der Waals surface area contributed by atoms with Crippen molar-refractivity contribution in [3.05, 3.63) is 24.5 Å². The van der Waals surface area contributed by atoms with Gasteiger partial charge >= 0.3 is 0 Å². The Bertz CT molecular complexity index is 215. The first-order valence-corrected chi connectivity index (χ1v) is 3.43. The Morgan fingerprint density at radius 2 is 2.44 bits per heavy atom. The zero-order chi connectivity index (χ0) is 5.90. The van der Waals surface area contributed by atoms with Gasteiger partial charge in [-0.05, 0) is 24.5 Å². The maximum Gasteiger partial charge on any atom is 0.126 e. The zero-order valence-corrected chi connectivity index (χ0v) is 5.08. The van der Waals surface area contributed by atoms with E-state index in [2.05, 4.69) is 18.2 Å². The molecule has 9 heavy (non-hydrogen) atoms. The molecule has 0 amide bonds. The summed E-state index contributed by atoms with van der Waals surface area (Å²) < 4.78 is 5.35. The van der Waals surface area contributed by atoms with E-state index in [1.807, 2.05) is 6.26 Å². The number of rotatable bonds is 0. The maximum atomic E-state index is 5.35. The van der Waals surface area contributed by atoms with Gasteiger partial charge in [0.15, 0.2) is 0 Å². The van der Waals surface area contributed by atoms with Gasteiger partial charge in [0.1, 0.15) is 6.10 Å². The average Bonchev–Trinajstić information content (AvgIpc) is 2.52. The molecule has 3 atom stereocenters. The predicted molar refractivity (Wildman–Crippen MR) is 33.7 cm³/mol. The molecule has 46 valence electrons. The van der Waals surface area contributed by atoms with E-state index < -0.39 is 0 Å². The molecule has 1 heteroatoms. The summed E-state index contributed by atoms with van der Waals surface area (Å²) in [5, 5.41) is 0. The first kappa shape index (κ1) is 4.15. The van der Waals surface area contributed by atoms with Gasteiger partial charge in [-0.1, -0.05) is 6.08 Å². The molecule has 0 bridgehead atoms. The highest BCUT2D eigenvalue weighted by Crippen LogP contribution is 2.64. The third kappa shape index (κ3) is 0.294. The summed E-state index contributed by atoms with van der Waals surface area (Å²) >= 11 is 0. The lowest BCUT2D eigenvalue weighted by Gasteiger charge is -2.31. The fourth-order valence-corrected chi connectivity index (χ4v) is 1.91. The van der Waals surface area contributed by atoms with Crippen LogP contribution in [0.15, 0.2) is 24.5 Å². The van der Waals surface area contributed by atoms with Crippen LogP contribution < -0.4 is 0 Å². The highest BCUT2D eigenvalue weighted by atomic mass is 16.5. The van der Waals surface area contributed by atoms with Gasteiger partial charge in [-0.25, -0.2) is 0 Å². The van der Waals surface area contributed by atoms with Crippen molar-refractivity contribution in [2.75, 3.05) is 0 Å². The first-order chi connectivity index (χ1) is 4.42. The summed E-state index contributed by atoms with van der Waals surface area (Å²) in [5.74, 6) is 0.821. The van der Waals surface area contributed by atoms with Crippen LogP contribution in [-0.4, -0.2) is 6.10 Å². The van der Waals surface area contributed by atoms with Crippen molar-refractivity contribution in [3.63, 3.8) is 0 Å². The van der Waals surface area contributed by atoms with E-state index in [0.29, 0.717) is 11.5 Å². The van der Waals surface area contributed by atoms with E-state index in [-0.39, 0.29) is 0 Å². The minimum Gasteiger partial charge on any atom is -0.493 e. The molecule has 2 aliphatic carbocycles. The van der Waals surface area contributed by atoms with Crippen molar-refractivity contribution >= 4 is 0 Å². The lowest BCUT2D eigenvalue weighted by molar-refractivity contribution is 0.0976. The molecule has 1 spiro atoms. The van der Waals surface area contributed by atoms with Crippen molar-refractivity contribution in [2.24, 2.45) is 11.3 Å². The van der Waals surface area contributed by atoms with E-state index in [4.69, 9.17) is 4.74 Å². The van der Waals surface area contributed by atoms with Gasteiger partial charge in [0.25, 0.3) is 0 Å². The molecule has 0 aromatic heterocycles. The zero-order valence-electron chi connectivity index (χ0n) is 5.08. The summed E-state index contributed by atoms with van der Waals surface area (Å²) in [6, 6.07) is 0. The smallest absolute Gasteiger partial charge is 0.126 e. The van der Waals surface area contributed by atoms with Crippen molar-refractivity contribution in [1.29, 1.82) is 0 Å². The van der Waals surface area contributed by atoms with Gasteiger partial charge in [0.05, 0.1) is 6.26 Å². The molecule has 1 fully saturated rings. The van der Waals surface area contributed by atoms with Gasteiger partial charge in [-0.2, -0.15) is 0 Å². The Hall–Kier alpha value is -0.720. The highest BCUT2D eigenvalue weighted by molar-refractivity contribution is 5.36. The molecule has 0 aromatic rings. The summed E-state index contributed by atoms with van der Waals surface area (Å²) in [4.78, 5) is 0. The predicted octanol–water partition coefficient (Wildman–Crippen LogP) is 1.47. The Labute approximate surface area is 54.0 Å². The molecule has 1 saturated carbocycles. The van der Waals surface area contributed by atoms with Crippen molar-refractivity contribution in [3.8, 4) is 0 Å². The van der Waals surface area contributed by atoms with Crippen molar-refractivity contribution in [1.82, 2.24) is 0 Å². The van der Waals surface area contributed by atoms with Crippen LogP contribution in [0.25, 0.3) is 0 Å². The van der Waals surface area contributed by atoms with Crippen LogP contribution in [0.4, 0.5) is 0 Å². The van der Waals surface area contributed by atoms with Crippen molar-refractivity contribution < 1.29 is 4.74 Å². The second-order valence-electron chi connectivity index (χ2n) is 3.17. The normalized spacial score (nSPS) is 56.9. The second kappa shape index (κ2) is 0.962. The van der Waals surface area contributed by atoms with Gasteiger partial charge in [-0.15, -0.1) is 0 Å². The van der Waals surface area contributed by atoms with Crippen molar-refractivity contribution in [2.45, 2.75) is 12.5 Å². The molecule has 3 rings (SSSR count). The van der Waals surface area contributed by atoms with Crippen LogP contribution >= 0.6 is 0 Å². The van der Waals surface area contributed by atoms with E-state index in [9.17, 15) is 0 Å². The van der Waals surface area contributed by atoms with Gasteiger partial charge in [-0.3, -0.25) is 0 Å². The quantitative estimate of drug-likeness (QED) is 0.440. The Kier molecular flexibility index (Phi) is 0.444. The molecule has 1 aliphatic heterocycles. The van der Waals surface area contributed by atoms with Gasteiger partial charge in [0, 0.05) is 5.41 Å². The first-order valence-electron chi connectivity index (χ1n) is 3.43. The lowest BCUT2D eigenvalue weighted by atomic mass is 9.84. The topological polar surface area (TPSA) is 9.23 Å². The lowest BCUT2D eigenvalue weighted by Crippen LogP contribution is -2.31. The largest absolute Gasteiger partial charge is 0.493 e. The number of ether oxygens (including phenoxy) is 1. The molecule has 0 aromatic carbocycles. The molecule has 2 unspecified atom stereocenters. The average molecular weight is 120 g/mol. The Morgan fingerprint density at radius 3 is 3.00 bits per heavy atom. The molecular weight excluding hydrogens is 112 g/mol. The standard InChI is InChI=1S/C8H8O/c1-3-8-5-6(8)2-4-9-7(1)8/h1-4,6-7H,5H2/t6?,7?,8-/m0/s1. The molecular formula is C8H8O. The van der Waals surface area contributed by atoms with Crippen LogP contribution in [0.5, 0.6) is 0 Å². The van der Waals surface area contributed by atoms with E-state index in [1.165, 1.54) is 6.42 Å². The van der Waals surface area contributed by atoms with Crippen LogP contribution in [0, 0.1) is 11.3 Å². The third-order valence-electron chi connectivity index (χ3n) is 2.75. The summed E-state index contributed by atoms with van der Waals surface area (Å²) in [6.45, 7) is 0. The molecule has 3 aliphatic rings. The van der Waals surface area contributed by atoms with E-state index in [0.717, 1.165) is 5.92 Å². The van der Waals surface area contributed by atoms with Gasteiger partial charge in [0.2, 0.25) is 0 Å². The van der Waals surface area contributed by atoms with Gasteiger partial charge < -0.3 is 4.74 Å². The molecule has 0 N–H and O–H groups in total. The Balaban J connectivity index is 2.10. The highest BCUT2D eigenvalue weighted by Gasteiger charge is 2.62. The summed E-state index contributed by atoms with van der Waals surface area (Å²) in [7, 11) is 0. The molecule has 1 nitrogen and oxygen atoms in total. The maximum absolute atomic E-state index is 5.35. The van der Waals surface area contributed by atoms with Crippen LogP contribution in [0.2, 0.25) is 0 Å². The van der Waals surface area contributed by atoms with E-state index in [1.54, 1.807) is 0 Å². The van der Waals surface area contributed by atoms with Crippen LogP contribution in [0.3, 0.4) is 0 Å². The number of hydrogen-bond donors (Lipinski definition) is 0. The summed E-state index contributed by atoms with van der Waals surface area (Å²) in [5.41, 5.74) is 0.495. The number of allylic oxidation sites excluding steroid dienone is 1. The Morgan fingerprint density at radius 1 is 1.44 bits per heavy atom. The molecule has 0 radical (unpaired) electrons. The number of hydrogen-bond acceptors (Lipinski definition) is 1. The minimum atomic E-state index is 0.437. The molecule has 0 saturated heterocycles. The van der Waals surface area contributed by atoms with E-state index >= 15 is 0 Å². The SMILES string of the molecule is C1=CC2C[C@@]23C=CC3O1. The van der Waals surface area contributed by atoms with Crippen LogP contribution in [0.1, 0.15) is 6.42 Å². The third-order valence-corrected chi connectivity index (χ3v) is 2.75. The second-order valence-corrected chi connectivity index (χ2v) is 3.17. The van der Waals surface area contributed by atoms with Crippen LogP contribution in [-0.2, 0) is 4.74 Å². The summed E-state index contributed by atoms with van der Waals surface area (Å²) in [6.07, 6.45) is 10.2. The minimum absolute atomic E-state index is 0.437.